The summed E-state index contributed by atoms with van der Waals surface area (Å²) in [6.45, 7) is 4.25. The van der Waals surface area contributed by atoms with E-state index in [4.69, 9.17) is 5.73 Å². The summed E-state index contributed by atoms with van der Waals surface area (Å²) in [5.74, 6) is 0. The second kappa shape index (κ2) is 5.34. The van der Waals surface area contributed by atoms with Crippen LogP contribution in [-0.2, 0) is 6.42 Å². The van der Waals surface area contributed by atoms with Crippen molar-refractivity contribution in [3.05, 3.63) is 55.7 Å². The van der Waals surface area contributed by atoms with Crippen molar-refractivity contribution in [2.75, 3.05) is 0 Å². The predicted molar refractivity (Wildman–Crippen MR) is 78.6 cm³/mol. The Balaban J connectivity index is 2.33. The zero-order chi connectivity index (χ0) is 12.4. The number of nitrogens with two attached hydrogens (primary N) is 1. The first-order valence-electron chi connectivity index (χ1n) is 5.72. The minimum absolute atomic E-state index is 0.0322. The van der Waals surface area contributed by atoms with Crippen molar-refractivity contribution in [1.82, 2.24) is 0 Å². The summed E-state index contributed by atoms with van der Waals surface area (Å²) < 4.78 is 1.09. The first-order chi connectivity index (χ1) is 8.11. The molecule has 0 fully saturated rings. The van der Waals surface area contributed by atoms with E-state index in [1.165, 1.54) is 15.3 Å². The van der Waals surface area contributed by atoms with Gasteiger partial charge >= 0.3 is 0 Å². The fourth-order valence-electron chi connectivity index (χ4n) is 1.79. The van der Waals surface area contributed by atoms with Gasteiger partial charge in [-0.15, -0.1) is 11.3 Å². The van der Waals surface area contributed by atoms with Crippen LogP contribution >= 0.6 is 27.3 Å². The highest BCUT2D eigenvalue weighted by molar-refractivity contribution is 9.10. The second-order valence-electron chi connectivity index (χ2n) is 4.16. The van der Waals surface area contributed by atoms with Gasteiger partial charge in [0.1, 0.15) is 0 Å². The van der Waals surface area contributed by atoms with Gasteiger partial charge in [0.15, 0.2) is 0 Å². The van der Waals surface area contributed by atoms with Crippen LogP contribution in [0.3, 0.4) is 0 Å². The maximum absolute atomic E-state index is 6.32. The maximum atomic E-state index is 6.32. The summed E-state index contributed by atoms with van der Waals surface area (Å²) in [7, 11) is 0. The largest absolute Gasteiger partial charge is 0.320 e. The molecule has 90 valence electrons. The Hall–Kier alpha value is -0.640. The van der Waals surface area contributed by atoms with Crippen molar-refractivity contribution >= 4 is 27.3 Å². The molecular formula is C14H16BrNS. The smallest absolute Gasteiger partial charge is 0.0657 e. The van der Waals surface area contributed by atoms with Crippen molar-refractivity contribution < 1.29 is 0 Å². The average Bonchev–Trinajstić information content (AvgIpc) is 2.76. The van der Waals surface area contributed by atoms with E-state index in [2.05, 4.69) is 60.1 Å². The zero-order valence-electron chi connectivity index (χ0n) is 10.0. The third-order valence-electron chi connectivity index (χ3n) is 2.83. The van der Waals surface area contributed by atoms with E-state index < -0.39 is 0 Å². The molecular weight excluding hydrogens is 294 g/mol. The van der Waals surface area contributed by atoms with Crippen LogP contribution in [0.2, 0.25) is 0 Å². The fraction of sp³-hybridized carbons (Fsp3) is 0.286. The van der Waals surface area contributed by atoms with Crippen molar-refractivity contribution in [1.29, 1.82) is 0 Å². The lowest BCUT2D eigenvalue weighted by Crippen LogP contribution is -2.10. The molecule has 1 aromatic carbocycles. The summed E-state index contributed by atoms with van der Waals surface area (Å²) in [4.78, 5) is 2.62. The molecule has 0 bridgehead atoms. The van der Waals surface area contributed by atoms with E-state index in [0.29, 0.717) is 0 Å². The molecule has 1 heterocycles. The topological polar surface area (TPSA) is 26.0 Å². The van der Waals surface area contributed by atoms with E-state index in [9.17, 15) is 0 Å². The molecule has 2 N–H and O–H groups in total. The summed E-state index contributed by atoms with van der Waals surface area (Å²) >= 11 is 5.40. The van der Waals surface area contributed by atoms with E-state index in [-0.39, 0.29) is 6.04 Å². The zero-order valence-corrected chi connectivity index (χ0v) is 12.4. The monoisotopic (exact) mass is 309 g/mol. The standard InChI is InChI=1S/C14H16BrNS/c1-3-10-5-7-13(17-10)14(16)11-6-4-9(2)8-12(11)15/h4-8,14H,3,16H2,1-2H3. The van der Waals surface area contributed by atoms with Crippen LogP contribution < -0.4 is 5.73 Å². The third kappa shape index (κ3) is 2.79. The molecule has 0 saturated carbocycles. The number of halogens is 1. The molecule has 2 rings (SSSR count). The molecule has 0 radical (unpaired) electrons. The van der Waals surface area contributed by atoms with Gasteiger partial charge < -0.3 is 5.73 Å². The number of hydrogen-bond acceptors (Lipinski definition) is 2. The van der Waals surface area contributed by atoms with E-state index in [0.717, 1.165) is 16.5 Å². The van der Waals surface area contributed by atoms with Crippen molar-refractivity contribution in [3.63, 3.8) is 0 Å². The second-order valence-corrected chi connectivity index (χ2v) is 6.21. The molecule has 0 aliphatic heterocycles. The van der Waals surface area contributed by atoms with Gasteiger partial charge in [-0.3, -0.25) is 0 Å². The first-order valence-corrected chi connectivity index (χ1v) is 7.33. The molecule has 17 heavy (non-hydrogen) atoms. The van der Waals surface area contributed by atoms with Gasteiger partial charge in [0.25, 0.3) is 0 Å². The normalized spacial score (nSPS) is 12.7. The Labute approximate surface area is 115 Å². The molecule has 1 aromatic heterocycles. The number of benzene rings is 1. The Kier molecular flexibility index (Phi) is 4.02. The SMILES string of the molecule is CCc1ccc(C(N)c2ccc(C)cc2Br)s1. The highest BCUT2D eigenvalue weighted by Gasteiger charge is 2.14. The van der Waals surface area contributed by atoms with Crippen LogP contribution in [0.1, 0.15) is 33.8 Å². The molecule has 0 aliphatic rings. The highest BCUT2D eigenvalue weighted by atomic mass is 79.9. The molecule has 3 heteroatoms. The number of rotatable bonds is 3. The van der Waals surface area contributed by atoms with Crippen LogP contribution in [0.5, 0.6) is 0 Å². The van der Waals surface area contributed by atoms with Gasteiger partial charge in [-0.05, 0) is 42.7 Å². The van der Waals surface area contributed by atoms with Crippen LogP contribution in [0.4, 0.5) is 0 Å². The summed E-state index contributed by atoms with van der Waals surface area (Å²) in [6.07, 6.45) is 1.08. The quantitative estimate of drug-likeness (QED) is 0.891. The average molecular weight is 310 g/mol. The Morgan fingerprint density at radius 2 is 2.06 bits per heavy atom. The Morgan fingerprint density at radius 3 is 2.65 bits per heavy atom. The Morgan fingerprint density at radius 1 is 1.29 bits per heavy atom. The van der Waals surface area contributed by atoms with Crippen LogP contribution in [-0.4, -0.2) is 0 Å². The van der Waals surface area contributed by atoms with Crippen molar-refractivity contribution in [2.24, 2.45) is 5.73 Å². The van der Waals surface area contributed by atoms with E-state index in [1.54, 1.807) is 11.3 Å². The lowest BCUT2D eigenvalue weighted by molar-refractivity contribution is 0.886. The summed E-state index contributed by atoms with van der Waals surface area (Å²) in [6, 6.07) is 10.6. The van der Waals surface area contributed by atoms with Gasteiger partial charge in [-0.2, -0.15) is 0 Å². The predicted octanol–water partition coefficient (Wildman–Crippen LogP) is 4.43. The summed E-state index contributed by atoms with van der Waals surface area (Å²) in [5.41, 5.74) is 8.71. The highest BCUT2D eigenvalue weighted by Crippen LogP contribution is 2.31. The molecule has 0 saturated heterocycles. The lowest BCUT2D eigenvalue weighted by Gasteiger charge is -2.12. The number of aryl methyl sites for hydroxylation is 2. The molecule has 0 spiro atoms. The van der Waals surface area contributed by atoms with Gasteiger partial charge in [-0.1, -0.05) is 35.0 Å². The molecule has 1 nitrogen and oxygen atoms in total. The van der Waals surface area contributed by atoms with Gasteiger partial charge in [0.05, 0.1) is 6.04 Å². The Bertz CT molecular complexity index is 519. The summed E-state index contributed by atoms with van der Waals surface area (Å²) in [5, 5.41) is 0. The molecule has 0 amide bonds. The lowest BCUT2D eigenvalue weighted by atomic mass is 10.0. The van der Waals surface area contributed by atoms with Gasteiger partial charge in [0.2, 0.25) is 0 Å². The van der Waals surface area contributed by atoms with Crippen LogP contribution in [0, 0.1) is 6.92 Å². The third-order valence-corrected chi connectivity index (χ3v) is 4.83. The first kappa shape index (κ1) is 12.8. The molecule has 1 atom stereocenters. The maximum Gasteiger partial charge on any atom is 0.0657 e. The molecule has 0 aliphatic carbocycles. The van der Waals surface area contributed by atoms with Gasteiger partial charge in [-0.25, -0.2) is 0 Å². The minimum Gasteiger partial charge on any atom is -0.320 e. The van der Waals surface area contributed by atoms with Crippen molar-refractivity contribution in [2.45, 2.75) is 26.3 Å². The number of hydrogen-bond donors (Lipinski definition) is 1. The van der Waals surface area contributed by atoms with E-state index in [1.807, 2.05) is 0 Å². The van der Waals surface area contributed by atoms with Crippen LogP contribution in [0.25, 0.3) is 0 Å². The molecule has 1 unspecified atom stereocenters. The van der Waals surface area contributed by atoms with Crippen LogP contribution in [0.15, 0.2) is 34.8 Å². The fourth-order valence-corrected chi connectivity index (χ4v) is 3.50. The van der Waals surface area contributed by atoms with Crippen molar-refractivity contribution in [3.8, 4) is 0 Å². The van der Waals surface area contributed by atoms with E-state index >= 15 is 0 Å². The number of thiophene rings is 1. The molecule has 2 aromatic rings. The van der Waals surface area contributed by atoms with Gasteiger partial charge in [0, 0.05) is 14.2 Å². The minimum atomic E-state index is -0.0322.